The number of ether oxygens (including phenoxy) is 1. The van der Waals surface area contributed by atoms with E-state index in [9.17, 15) is 0 Å². The summed E-state index contributed by atoms with van der Waals surface area (Å²) < 4.78 is 10.9. The van der Waals surface area contributed by atoms with E-state index in [4.69, 9.17) is 9.15 Å². The maximum atomic E-state index is 5.71. The first kappa shape index (κ1) is 13.3. The molecular formula is C12H22N4O2. The smallest absolute Gasteiger partial charge is 0.318 e. The van der Waals surface area contributed by atoms with Crippen LogP contribution in [0.4, 0.5) is 6.01 Å². The molecule has 1 aromatic heterocycles. The summed E-state index contributed by atoms with van der Waals surface area (Å²) in [5.41, 5.74) is 0. The normalized spacial score (nSPS) is 21.5. The minimum absolute atomic E-state index is 0.105. The van der Waals surface area contributed by atoms with Crippen LogP contribution in [0, 0.1) is 5.92 Å². The molecule has 0 amide bonds. The van der Waals surface area contributed by atoms with Gasteiger partial charge in [-0.05, 0) is 19.9 Å². The number of rotatable bonds is 6. The highest BCUT2D eigenvalue weighted by Gasteiger charge is 2.26. The Bertz CT molecular complexity index is 369. The Balaban J connectivity index is 1.94. The fourth-order valence-corrected chi connectivity index (χ4v) is 2.30. The molecule has 1 saturated heterocycles. The van der Waals surface area contributed by atoms with E-state index in [2.05, 4.69) is 27.3 Å². The molecule has 2 rings (SSSR count). The van der Waals surface area contributed by atoms with Gasteiger partial charge in [0.05, 0.1) is 12.6 Å². The predicted molar refractivity (Wildman–Crippen MR) is 68.6 cm³/mol. The molecule has 1 N–H and O–H groups in total. The number of nitrogens with zero attached hydrogens (tertiary/aromatic N) is 3. The highest BCUT2D eigenvalue weighted by Crippen LogP contribution is 2.24. The fourth-order valence-electron chi connectivity index (χ4n) is 2.30. The summed E-state index contributed by atoms with van der Waals surface area (Å²) in [6.45, 7) is 7.67. The number of hydrogen-bond acceptors (Lipinski definition) is 6. The van der Waals surface area contributed by atoms with E-state index in [1.54, 1.807) is 7.11 Å². The molecule has 0 aromatic carbocycles. The Labute approximate surface area is 108 Å². The minimum Gasteiger partial charge on any atom is -0.406 e. The zero-order chi connectivity index (χ0) is 13.0. The van der Waals surface area contributed by atoms with Crippen molar-refractivity contribution in [1.82, 2.24) is 15.5 Å². The van der Waals surface area contributed by atoms with Gasteiger partial charge in [-0.3, -0.25) is 0 Å². The Morgan fingerprint density at radius 3 is 3.11 bits per heavy atom. The lowest BCUT2D eigenvalue weighted by atomic mass is 10.1. The summed E-state index contributed by atoms with van der Waals surface area (Å²) in [7, 11) is 1.74. The number of hydrogen-bond donors (Lipinski definition) is 1. The molecule has 6 nitrogen and oxygen atoms in total. The monoisotopic (exact) mass is 254 g/mol. The average Bonchev–Trinajstić information content (AvgIpc) is 2.97. The van der Waals surface area contributed by atoms with Gasteiger partial charge in [-0.2, -0.15) is 0 Å². The highest BCUT2D eigenvalue weighted by molar-refractivity contribution is 5.26. The van der Waals surface area contributed by atoms with Crippen LogP contribution in [0.25, 0.3) is 0 Å². The van der Waals surface area contributed by atoms with E-state index < -0.39 is 0 Å². The van der Waals surface area contributed by atoms with Crippen molar-refractivity contribution in [3.8, 4) is 0 Å². The first-order valence-corrected chi connectivity index (χ1v) is 6.55. The van der Waals surface area contributed by atoms with Crippen LogP contribution in [0.1, 0.15) is 32.2 Å². The molecule has 2 atom stereocenters. The summed E-state index contributed by atoms with van der Waals surface area (Å²) in [5.74, 6) is 1.22. The van der Waals surface area contributed by atoms with Gasteiger partial charge in [-0.15, -0.1) is 5.10 Å². The van der Waals surface area contributed by atoms with Crippen molar-refractivity contribution in [3.63, 3.8) is 0 Å². The molecule has 1 aromatic rings. The molecule has 1 aliphatic rings. The maximum absolute atomic E-state index is 5.71. The second-order valence-electron chi connectivity index (χ2n) is 4.76. The third-order valence-electron chi connectivity index (χ3n) is 3.27. The zero-order valence-electron chi connectivity index (χ0n) is 11.3. The summed E-state index contributed by atoms with van der Waals surface area (Å²) in [6.07, 6.45) is 1.12. The van der Waals surface area contributed by atoms with Crippen LogP contribution < -0.4 is 10.2 Å². The SMILES string of the molecule is CCNC(C)c1nnc(N2CCC(COC)C2)o1. The van der Waals surface area contributed by atoms with Gasteiger partial charge in [-0.1, -0.05) is 12.0 Å². The van der Waals surface area contributed by atoms with Crippen molar-refractivity contribution in [1.29, 1.82) is 0 Å². The van der Waals surface area contributed by atoms with Crippen molar-refractivity contribution < 1.29 is 9.15 Å². The van der Waals surface area contributed by atoms with E-state index in [0.717, 1.165) is 32.7 Å². The lowest BCUT2D eigenvalue weighted by Gasteiger charge is -2.13. The average molecular weight is 254 g/mol. The van der Waals surface area contributed by atoms with E-state index in [1.165, 1.54) is 0 Å². The van der Waals surface area contributed by atoms with Crippen LogP contribution in [0.2, 0.25) is 0 Å². The summed E-state index contributed by atoms with van der Waals surface area (Å²) in [5, 5.41) is 11.5. The van der Waals surface area contributed by atoms with Crippen molar-refractivity contribution in [2.24, 2.45) is 5.92 Å². The molecule has 0 spiro atoms. The van der Waals surface area contributed by atoms with Crippen molar-refractivity contribution in [3.05, 3.63) is 5.89 Å². The van der Waals surface area contributed by atoms with E-state index in [-0.39, 0.29) is 6.04 Å². The van der Waals surface area contributed by atoms with Gasteiger partial charge in [0.15, 0.2) is 0 Å². The molecule has 2 heterocycles. The third kappa shape index (κ3) is 3.00. The van der Waals surface area contributed by atoms with E-state index in [1.807, 2.05) is 6.92 Å². The molecule has 1 fully saturated rings. The maximum Gasteiger partial charge on any atom is 0.318 e. The van der Waals surface area contributed by atoms with Gasteiger partial charge in [0.2, 0.25) is 5.89 Å². The van der Waals surface area contributed by atoms with Crippen molar-refractivity contribution in [2.75, 3.05) is 38.3 Å². The molecule has 0 bridgehead atoms. The third-order valence-corrected chi connectivity index (χ3v) is 3.27. The summed E-state index contributed by atoms with van der Waals surface area (Å²) >= 11 is 0. The molecule has 0 radical (unpaired) electrons. The number of methoxy groups -OCH3 is 1. The second-order valence-corrected chi connectivity index (χ2v) is 4.76. The topological polar surface area (TPSA) is 63.4 Å². The molecule has 0 aliphatic carbocycles. The quantitative estimate of drug-likeness (QED) is 0.823. The highest BCUT2D eigenvalue weighted by atomic mass is 16.5. The Morgan fingerprint density at radius 1 is 1.56 bits per heavy atom. The van der Waals surface area contributed by atoms with Crippen LogP contribution in [-0.2, 0) is 4.74 Å². The van der Waals surface area contributed by atoms with Crippen LogP contribution in [-0.4, -0.2) is 43.5 Å². The summed E-state index contributed by atoms with van der Waals surface area (Å²) in [6, 6.07) is 0.738. The largest absolute Gasteiger partial charge is 0.406 e. The lowest BCUT2D eigenvalue weighted by Crippen LogP contribution is -2.21. The Hall–Kier alpha value is -1.14. The first-order valence-electron chi connectivity index (χ1n) is 6.55. The molecule has 0 saturated carbocycles. The number of aromatic nitrogens is 2. The molecular weight excluding hydrogens is 232 g/mol. The van der Waals surface area contributed by atoms with E-state index in [0.29, 0.717) is 17.8 Å². The molecule has 18 heavy (non-hydrogen) atoms. The van der Waals surface area contributed by atoms with Crippen LogP contribution in [0.5, 0.6) is 0 Å². The molecule has 1 aliphatic heterocycles. The van der Waals surface area contributed by atoms with Gasteiger partial charge >= 0.3 is 6.01 Å². The molecule has 102 valence electrons. The standard InChI is InChI=1S/C12H22N4O2/c1-4-13-9(2)11-14-15-12(18-11)16-6-5-10(7-16)8-17-3/h9-10,13H,4-8H2,1-3H3. The fraction of sp³-hybridized carbons (Fsp3) is 0.833. The van der Waals surface area contributed by atoms with Crippen LogP contribution >= 0.6 is 0 Å². The summed E-state index contributed by atoms with van der Waals surface area (Å²) in [4.78, 5) is 2.14. The predicted octanol–water partition coefficient (Wildman–Crippen LogP) is 1.21. The minimum atomic E-state index is 0.105. The molecule has 6 heteroatoms. The Kier molecular flexibility index (Phi) is 4.54. The van der Waals surface area contributed by atoms with E-state index >= 15 is 0 Å². The van der Waals surface area contributed by atoms with Gasteiger partial charge in [0.25, 0.3) is 0 Å². The van der Waals surface area contributed by atoms with Gasteiger partial charge in [0.1, 0.15) is 0 Å². The van der Waals surface area contributed by atoms with Gasteiger partial charge in [-0.25, -0.2) is 0 Å². The number of anilines is 1. The van der Waals surface area contributed by atoms with Gasteiger partial charge in [0, 0.05) is 26.1 Å². The van der Waals surface area contributed by atoms with Gasteiger partial charge < -0.3 is 19.4 Å². The zero-order valence-corrected chi connectivity index (χ0v) is 11.3. The van der Waals surface area contributed by atoms with Crippen LogP contribution in [0.3, 0.4) is 0 Å². The van der Waals surface area contributed by atoms with Crippen molar-refractivity contribution >= 4 is 6.01 Å². The number of nitrogens with one attached hydrogen (secondary N) is 1. The van der Waals surface area contributed by atoms with Crippen molar-refractivity contribution in [2.45, 2.75) is 26.3 Å². The first-order chi connectivity index (χ1) is 8.74. The Morgan fingerprint density at radius 2 is 2.39 bits per heavy atom. The molecule has 2 unspecified atom stereocenters. The lowest BCUT2D eigenvalue weighted by molar-refractivity contribution is 0.160. The van der Waals surface area contributed by atoms with Crippen LogP contribution in [0.15, 0.2) is 4.42 Å². The second kappa shape index (κ2) is 6.15.